The largest absolute Gasteiger partial charge is 0.416 e. The molecule has 0 radical (unpaired) electrons. The van der Waals surface area contributed by atoms with Crippen molar-refractivity contribution in [1.29, 1.82) is 5.26 Å². The fourth-order valence-corrected chi connectivity index (χ4v) is 0.896. The summed E-state index contributed by atoms with van der Waals surface area (Å²) in [5.74, 6) is 4.67. The topological polar surface area (TPSA) is 59.0 Å². The molecule has 2 N–H and O–H groups in total. The van der Waals surface area contributed by atoms with E-state index in [2.05, 4.69) is 4.84 Å². The Morgan fingerprint density at radius 3 is 2.43 bits per heavy atom. The van der Waals surface area contributed by atoms with Crippen molar-refractivity contribution in [1.82, 2.24) is 0 Å². The van der Waals surface area contributed by atoms with Gasteiger partial charge in [0.15, 0.2) is 5.75 Å². The average Bonchev–Trinajstić information content (AvgIpc) is 2.15. The molecule has 0 amide bonds. The van der Waals surface area contributed by atoms with Crippen molar-refractivity contribution in [2.24, 2.45) is 5.90 Å². The van der Waals surface area contributed by atoms with E-state index in [1.165, 1.54) is 0 Å². The Labute approximate surface area is 77.5 Å². The van der Waals surface area contributed by atoms with Crippen LogP contribution in [0.2, 0.25) is 0 Å². The summed E-state index contributed by atoms with van der Waals surface area (Å²) in [6.07, 6.45) is -4.47. The molecular formula is C8H5F3N2O. The van der Waals surface area contributed by atoms with Gasteiger partial charge in [0.25, 0.3) is 0 Å². The lowest BCUT2D eigenvalue weighted by atomic mass is 10.1. The van der Waals surface area contributed by atoms with Gasteiger partial charge in [-0.2, -0.15) is 24.3 Å². The maximum Gasteiger partial charge on any atom is 0.416 e. The van der Waals surface area contributed by atoms with Gasteiger partial charge in [-0.3, -0.25) is 0 Å². The molecule has 1 aromatic rings. The van der Waals surface area contributed by atoms with Gasteiger partial charge in [0.1, 0.15) is 6.07 Å². The lowest BCUT2D eigenvalue weighted by molar-refractivity contribution is -0.137. The first-order valence-electron chi connectivity index (χ1n) is 3.47. The van der Waals surface area contributed by atoms with E-state index in [9.17, 15) is 13.2 Å². The van der Waals surface area contributed by atoms with Crippen molar-refractivity contribution in [3.8, 4) is 11.8 Å². The number of nitrogens with two attached hydrogens (primary N) is 1. The molecule has 6 heteroatoms. The molecule has 3 nitrogen and oxygen atoms in total. The molecule has 0 spiro atoms. The van der Waals surface area contributed by atoms with Crippen LogP contribution in [0.3, 0.4) is 0 Å². The van der Waals surface area contributed by atoms with Crippen LogP contribution in [-0.4, -0.2) is 0 Å². The Balaban J connectivity index is 3.23. The van der Waals surface area contributed by atoms with E-state index in [1.807, 2.05) is 0 Å². The first-order chi connectivity index (χ1) is 6.49. The highest BCUT2D eigenvalue weighted by Crippen LogP contribution is 2.31. The molecule has 0 fully saturated rings. The molecule has 1 rings (SSSR count). The summed E-state index contributed by atoms with van der Waals surface area (Å²) < 4.78 is 36.5. The second-order valence-corrected chi connectivity index (χ2v) is 2.44. The van der Waals surface area contributed by atoms with Crippen molar-refractivity contribution in [3.05, 3.63) is 29.3 Å². The van der Waals surface area contributed by atoms with Crippen LogP contribution in [0.25, 0.3) is 0 Å². The van der Waals surface area contributed by atoms with Gasteiger partial charge < -0.3 is 4.84 Å². The van der Waals surface area contributed by atoms with Crippen molar-refractivity contribution in [2.45, 2.75) is 6.18 Å². The predicted molar refractivity (Wildman–Crippen MR) is 41.0 cm³/mol. The van der Waals surface area contributed by atoms with Gasteiger partial charge in [-0.25, -0.2) is 0 Å². The molecule has 0 heterocycles. The van der Waals surface area contributed by atoms with Gasteiger partial charge in [-0.15, -0.1) is 0 Å². The van der Waals surface area contributed by atoms with Crippen molar-refractivity contribution >= 4 is 0 Å². The van der Waals surface area contributed by atoms with E-state index in [0.717, 1.165) is 12.1 Å². The van der Waals surface area contributed by atoms with Crippen LogP contribution in [0.1, 0.15) is 11.1 Å². The number of hydrogen-bond acceptors (Lipinski definition) is 3. The van der Waals surface area contributed by atoms with E-state index in [-0.39, 0.29) is 11.3 Å². The number of nitrogens with zero attached hydrogens (tertiary/aromatic N) is 1. The van der Waals surface area contributed by atoms with Crippen LogP contribution in [0.5, 0.6) is 5.75 Å². The fourth-order valence-electron chi connectivity index (χ4n) is 0.896. The second-order valence-electron chi connectivity index (χ2n) is 2.44. The Hall–Kier alpha value is -1.74. The number of nitriles is 1. The Kier molecular flexibility index (Phi) is 2.63. The van der Waals surface area contributed by atoms with Gasteiger partial charge in [0.2, 0.25) is 0 Å². The standard InChI is InChI=1S/C8H5F3N2O/c9-8(10,11)6-1-2-7(14-13)5(3-6)4-12/h1-3H,13H2. The molecule has 0 saturated heterocycles. The molecule has 0 aliphatic carbocycles. The van der Waals surface area contributed by atoms with Gasteiger partial charge in [0, 0.05) is 0 Å². The summed E-state index contributed by atoms with van der Waals surface area (Å²) in [5, 5.41) is 8.49. The van der Waals surface area contributed by atoms with E-state index >= 15 is 0 Å². The minimum absolute atomic E-state index is 0.0829. The number of benzene rings is 1. The lowest BCUT2D eigenvalue weighted by Crippen LogP contribution is -2.08. The molecule has 0 unspecified atom stereocenters. The lowest BCUT2D eigenvalue weighted by Gasteiger charge is -2.08. The highest BCUT2D eigenvalue weighted by Gasteiger charge is 2.31. The Bertz CT molecular complexity index is 381. The number of halogens is 3. The van der Waals surface area contributed by atoms with Crippen LogP contribution < -0.4 is 10.7 Å². The summed E-state index contributed by atoms with van der Waals surface area (Å²) in [7, 11) is 0. The molecule has 0 aromatic heterocycles. The molecule has 0 saturated carbocycles. The van der Waals surface area contributed by atoms with Crippen LogP contribution in [-0.2, 0) is 6.18 Å². The van der Waals surface area contributed by atoms with E-state index in [4.69, 9.17) is 11.2 Å². The first kappa shape index (κ1) is 10.3. The maximum absolute atomic E-state index is 12.2. The third-order valence-electron chi connectivity index (χ3n) is 1.55. The molecule has 0 aliphatic rings. The number of rotatable bonds is 1. The molecule has 74 valence electrons. The first-order valence-corrected chi connectivity index (χ1v) is 3.47. The van der Waals surface area contributed by atoms with Gasteiger partial charge in [0.05, 0.1) is 11.1 Å². The van der Waals surface area contributed by atoms with Crippen molar-refractivity contribution < 1.29 is 18.0 Å². The van der Waals surface area contributed by atoms with E-state index < -0.39 is 11.7 Å². The zero-order valence-corrected chi connectivity index (χ0v) is 6.80. The molecule has 0 atom stereocenters. The second kappa shape index (κ2) is 3.55. The average molecular weight is 202 g/mol. The predicted octanol–water partition coefficient (Wildman–Crippen LogP) is 1.83. The molecule has 14 heavy (non-hydrogen) atoms. The Morgan fingerprint density at radius 2 is 2.00 bits per heavy atom. The minimum Gasteiger partial charge on any atom is -0.410 e. The highest BCUT2D eigenvalue weighted by atomic mass is 19.4. The molecule has 0 bridgehead atoms. The SMILES string of the molecule is N#Cc1cc(C(F)(F)F)ccc1ON. The third kappa shape index (κ3) is 1.95. The normalized spacial score (nSPS) is 10.8. The molecule has 1 aromatic carbocycles. The smallest absolute Gasteiger partial charge is 0.410 e. The summed E-state index contributed by atoms with van der Waals surface area (Å²) in [6, 6.07) is 4.03. The summed E-state index contributed by atoms with van der Waals surface area (Å²) in [5.41, 5.74) is -1.16. The van der Waals surface area contributed by atoms with Crippen molar-refractivity contribution in [3.63, 3.8) is 0 Å². The van der Waals surface area contributed by atoms with Crippen LogP contribution in [0.4, 0.5) is 13.2 Å². The molecule has 0 aliphatic heterocycles. The number of alkyl halides is 3. The zero-order chi connectivity index (χ0) is 10.8. The monoisotopic (exact) mass is 202 g/mol. The molecular weight excluding hydrogens is 197 g/mol. The quantitative estimate of drug-likeness (QED) is 0.706. The zero-order valence-electron chi connectivity index (χ0n) is 6.80. The summed E-state index contributed by atoms with van der Waals surface area (Å²) in [4.78, 5) is 4.21. The highest BCUT2D eigenvalue weighted by molar-refractivity contribution is 5.45. The Morgan fingerprint density at radius 1 is 1.36 bits per heavy atom. The van der Waals surface area contributed by atoms with Gasteiger partial charge in [-0.1, -0.05) is 0 Å². The van der Waals surface area contributed by atoms with Crippen LogP contribution in [0.15, 0.2) is 18.2 Å². The van der Waals surface area contributed by atoms with Crippen molar-refractivity contribution in [2.75, 3.05) is 0 Å². The minimum atomic E-state index is -4.47. The van der Waals surface area contributed by atoms with E-state index in [1.54, 1.807) is 6.07 Å². The number of hydrogen-bond donors (Lipinski definition) is 1. The summed E-state index contributed by atoms with van der Waals surface area (Å²) >= 11 is 0. The third-order valence-corrected chi connectivity index (χ3v) is 1.55. The summed E-state index contributed by atoms with van der Waals surface area (Å²) in [6.45, 7) is 0. The van der Waals surface area contributed by atoms with Crippen LogP contribution >= 0.6 is 0 Å². The fraction of sp³-hybridized carbons (Fsp3) is 0.125. The van der Waals surface area contributed by atoms with Gasteiger partial charge in [-0.05, 0) is 18.2 Å². The van der Waals surface area contributed by atoms with Crippen LogP contribution in [0, 0.1) is 11.3 Å². The maximum atomic E-state index is 12.2. The van der Waals surface area contributed by atoms with E-state index in [0.29, 0.717) is 6.07 Å². The van der Waals surface area contributed by atoms with Gasteiger partial charge >= 0.3 is 6.18 Å².